The van der Waals surface area contributed by atoms with Crippen LogP contribution in [0.25, 0.3) is 22.3 Å². The molecule has 2 heteroatoms. The zero-order valence-corrected chi connectivity index (χ0v) is 20.1. The molecular formula is C33H27BO. The van der Waals surface area contributed by atoms with Crippen LogP contribution in [-0.4, -0.2) is 20.1 Å². The Hall–Kier alpha value is -3.88. The number of aliphatic hydroxyl groups excluding tert-OH is 1. The fourth-order valence-electron chi connectivity index (χ4n) is 5.83. The van der Waals surface area contributed by atoms with Crippen LogP contribution < -0.4 is 5.46 Å². The minimum Gasteiger partial charge on any atom is -0.400 e. The number of rotatable bonds is 3. The maximum atomic E-state index is 7.00. The molecule has 0 bridgehead atoms. The minimum absolute atomic E-state index is 0.337. The third-order valence-corrected chi connectivity index (χ3v) is 7.26. The first-order valence-electron chi connectivity index (χ1n) is 11.8. The van der Waals surface area contributed by atoms with Crippen molar-refractivity contribution in [2.45, 2.75) is 12.3 Å². The van der Waals surface area contributed by atoms with Crippen molar-refractivity contribution >= 4 is 24.5 Å². The number of aliphatic hydroxyl groups is 1. The molecule has 0 saturated heterocycles. The maximum Gasteiger partial charge on any atom is 0.113 e. The van der Waals surface area contributed by atoms with E-state index in [1.54, 1.807) is 0 Å². The van der Waals surface area contributed by atoms with Gasteiger partial charge in [0.1, 0.15) is 7.85 Å². The first-order chi connectivity index (χ1) is 17.2. The summed E-state index contributed by atoms with van der Waals surface area (Å²) in [5.74, 6) is 0. The van der Waals surface area contributed by atoms with Crippen molar-refractivity contribution < 1.29 is 5.11 Å². The standard InChI is InChI=1S/C32H23B.CH4O/c1-3-22(23-16-18-24(33)19-17-23)20-31-21(2)25-10-4-7-13-28(25)32(31)29-14-8-5-11-26(29)27-12-6-9-15-30(27)32;1-2/h3-20H,1H2,2H3;2H,1H3/b22-20+;. The molecule has 1 nitrogen and oxygen atoms in total. The lowest BCUT2D eigenvalue weighted by Crippen LogP contribution is -2.26. The fraction of sp³-hybridized carbons (Fsp3) is 0.0909. The van der Waals surface area contributed by atoms with Gasteiger partial charge in [-0.15, -0.1) is 0 Å². The zero-order chi connectivity index (χ0) is 24.6. The van der Waals surface area contributed by atoms with Crippen molar-refractivity contribution in [3.05, 3.63) is 149 Å². The SMILES string of the molecule is CO.[B]c1ccc(/C(C=C)=C/C2=C(C)c3ccccc3C23c2ccccc2-c2ccccc23)cc1. The molecule has 168 valence electrons. The summed E-state index contributed by atoms with van der Waals surface area (Å²) in [5, 5.41) is 7.00. The van der Waals surface area contributed by atoms with Crippen LogP contribution in [0.4, 0.5) is 0 Å². The van der Waals surface area contributed by atoms with Gasteiger partial charge in [0.15, 0.2) is 0 Å². The highest BCUT2D eigenvalue weighted by atomic mass is 16.2. The maximum absolute atomic E-state index is 7.00. The van der Waals surface area contributed by atoms with E-state index in [1.807, 2.05) is 18.2 Å². The molecule has 0 heterocycles. The Morgan fingerprint density at radius 2 is 1.17 bits per heavy atom. The molecule has 0 atom stereocenters. The Morgan fingerprint density at radius 1 is 0.714 bits per heavy atom. The average Bonchev–Trinajstić information content (AvgIpc) is 3.35. The van der Waals surface area contributed by atoms with Gasteiger partial charge in [-0.1, -0.05) is 115 Å². The molecule has 35 heavy (non-hydrogen) atoms. The summed E-state index contributed by atoms with van der Waals surface area (Å²) < 4.78 is 0. The van der Waals surface area contributed by atoms with Gasteiger partial charge in [0, 0.05) is 7.11 Å². The van der Waals surface area contributed by atoms with E-state index in [1.165, 1.54) is 44.5 Å². The van der Waals surface area contributed by atoms with E-state index in [-0.39, 0.29) is 5.41 Å². The highest BCUT2D eigenvalue weighted by Crippen LogP contribution is 2.62. The summed E-state index contributed by atoms with van der Waals surface area (Å²) in [4.78, 5) is 0. The summed E-state index contributed by atoms with van der Waals surface area (Å²) in [6.07, 6.45) is 4.29. The lowest BCUT2D eigenvalue weighted by atomic mass is 9.69. The molecule has 0 amide bonds. The van der Waals surface area contributed by atoms with E-state index >= 15 is 0 Å². The average molecular weight is 450 g/mol. The predicted molar refractivity (Wildman–Crippen MR) is 149 cm³/mol. The van der Waals surface area contributed by atoms with Crippen molar-refractivity contribution in [1.29, 1.82) is 0 Å². The van der Waals surface area contributed by atoms with E-state index in [9.17, 15) is 0 Å². The zero-order valence-electron chi connectivity index (χ0n) is 20.1. The van der Waals surface area contributed by atoms with Crippen LogP contribution in [-0.2, 0) is 5.41 Å². The number of hydrogen-bond acceptors (Lipinski definition) is 1. The largest absolute Gasteiger partial charge is 0.400 e. The summed E-state index contributed by atoms with van der Waals surface area (Å²) in [6.45, 7) is 6.41. The molecule has 2 aliphatic carbocycles. The Morgan fingerprint density at radius 3 is 1.69 bits per heavy atom. The normalized spacial score (nSPS) is 14.7. The van der Waals surface area contributed by atoms with Crippen LogP contribution in [0.15, 0.2) is 121 Å². The smallest absolute Gasteiger partial charge is 0.113 e. The van der Waals surface area contributed by atoms with E-state index in [0.717, 1.165) is 23.7 Å². The molecule has 4 aromatic carbocycles. The summed E-state index contributed by atoms with van der Waals surface area (Å²) in [5.41, 5.74) is 13.3. The van der Waals surface area contributed by atoms with Gasteiger partial charge in [0.25, 0.3) is 0 Å². The van der Waals surface area contributed by atoms with Gasteiger partial charge in [-0.25, -0.2) is 0 Å². The van der Waals surface area contributed by atoms with E-state index in [2.05, 4.69) is 105 Å². The molecule has 0 unspecified atom stereocenters. The van der Waals surface area contributed by atoms with Crippen molar-refractivity contribution in [2.24, 2.45) is 0 Å². The quantitative estimate of drug-likeness (QED) is 0.281. The van der Waals surface area contributed by atoms with Crippen LogP contribution in [0.1, 0.15) is 34.7 Å². The molecule has 2 radical (unpaired) electrons. The van der Waals surface area contributed by atoms with Crippen molar-refractivity contribution in [1.82, 2.24) is 0 Å². The highest BCUT2D eigenvalue weighted by Gasteiger charge is 2.51. The summed E-state index contributed by atoms with van der Waals surface area (Å²) in [6, 6.07) is 34.7. The van der Waals surface area contributed by atoms with Gasteiger partial charge in [0.05, 0.1) is 5.41 Å². The van der Waals surface area contributed by atoms with Gasteiger partial charge >= 0.3 is 0 Å². The molecule has 4 aromatic rings. The molecule has 0 aromatic heterocycles. The topological polar surface area (TPSA) is 20.2 Å². The van der Waals surface area contributed by atoms with Crippen molar-refractivity contribution in [2.75, 3.05) is 7.11 Å². The lowest BCUT2D eigenvalue weighted by molar-refractivity contribution is 0.399. The molecular weight excluding hydrogens is 423 g/mol. The van der Waals surface area contributed by atoms with Gasteiger partial charge in [-0.05, 0) is 68.7 Å². The van der Waals surface area contributed by atoms with E-state index in [0.29, 0.717) is 0 Å². The molecule has 1 N–H and O–H groups in total. The first kappa shape index (κ1) is 22.9. The molecule has 0 fully saturated rings. The number of hydrogen-bond donors (Lipinski definition) is 1. The van der Waals surface area contributed by atoms with E-state index < -0.39 is 0 Å². The van der Waals surface area contributed by atoms with Gasteiger partial charge in [-0.3, -0.25) is 0 Å². The number of allylic oxidation sites excluding steroid dienone is 5. The van der Waals surface area contributed by atoms with Crippen LogP contribution in [0, 0.1) is 0 Å². The molecule has 1 spiro atoms. The Kier molecular flexibility index (Phi) is 5.92. The fourth-order valence-corrected chi connectivity index (χ4v) is 5.83. The van der Waals surface area contributed by atoms with Crippen LogP contribution >= 0.6 is 0 Å². The van der Waals surface area contributed by atoms with Crippen LogP contribution in [0.5, 0.6) is 0 Å². The van der Waals surface area contributed by atoms with Gasteiger partial charge in [0.2, 0.25) is 0 Å². The highest BCUT2D eigenvalue weighted by molar-refractivity contribution is 6.32. The van der Waals surface area contributed by atoms with Gasteiger partial charge in [-0.2, -0.15) is 0 Å². The molecule has 2 aliphatic rings. The van der Waals surface area contributed by atoms with Crippen molar-refractivity contribution in [3.63, 3.8) is 0 Å². The Balaban J connectivity index is 0.00000124. The molecule has 6 rings (SSSR count). The Bertz CT molecular complexity index is 1440. The molecule has 0 aliphatic heterocycles. The Labute approximate surface area is 209 Å². The lowest BCUT2D eigenvalue weighted by Gasteiger charge is -2.32. The van der Waals surface area contributed by atoms with Crippen molar-refractivity contribution in [3.8, 4) is 11.1 Å². The third kappa shape index (κ3) is 3.29. The second kappa shape index (κ2) is 9.05. The van der Waals surface area contributed by atoms with Crippen LogP contribution in [0.3, 0.4) is 0 Å². The first-order valence-corrected chi connectivity index (χ1v) is 11.8. The summed E-state index contributed by atoms with van der Waals surface area (Å²) >= 11 is 0. The van der Waals surface area contributed by atoms with E-state index in [4.69, 9.17) is 13.0 Å². The summed E-state index contributed by atoms with van der Waals surface area (Å²) in [7, 11) is 6.96. The van der Waals surface area contributed by atoms with Crippen LogP contribution in [0.2, 0.25) is 0 Å². The second-order valence-corrected chi connectivity index (χ2v) is 8.85. The van der Waals surface area contributed by atoms with Gasteiger partial charge < -0.3 is 5.11 Å². The predicted octanol–water partition coefficient (Wildman–Crippen LogP) is 6.46. The second-order valence-electron chi connectivity index (χ2n) is 8.85. The number of fused-ring (bicyclic) bond motifs is 7. The number of benzene rings is 4. The molecule has 0 saturated carbocycles. The monoisotopic (exact) mass is 450 g/mol. The minimum atomic E-state index is -0.337. The third-order valence-electron chi connectivity index (χ3n) is 7.26.